The van der Waals surface area contributed by atoms with Gasteiger partial charge in [0.05, 0.1) is 11.3 Å². The molecule has 2 aliphatic heterocycles. The number of aliphatic imine (C=N–C) groups is 1. The van der Waals surface area contributed by atoms with Crippen LogP contribution in [0.4, 0.5) is 5.69 Å². The standard InChI is InChI=1S/C21H28N4O4/c1-13(2)10-17-20(27)25(12-19(26)24-8-6-22-7-9-24)18-11-15(21(28)29)4-5-16(18)14(3)23-17/h4-5,11,13,17,22H,6-10,12H2,1-3H3,(H,28,29)/t17-/m1/s1. The molecule has 2 N–H and O–H groups in total. The van der Waals surface area contributed by atoms with Crippen LogP contribution in [0, 0.1) is 5.92 Å². The van der Waals surface area contributed by atoms with Gasteiger partial charge in [-0.2, -0.15) is 0 Å². The minimum absolute atomic E-state index is 0.0753. The number of aromatic carboxylic acids is 1. The Bertz CT molecular complexity index is 843. The molecular weight excluding hydrogens is 372 g/mol. The van der Waals surface area contributed by atoms with Gasteiger partial charge in [-0.15, -0.1) is 0 Å². The molecule has 0 radical (unpaired) electrons. The first-order valence-electron chi connectivity index (χ1n) is 10.00. The third-order valence-corrected chi connectivity index (χ3v) is 5.28. The summed E-state index contributed by atoms with van der Waals surface area (Å²) in [6, 6.07) is 4.05. The summed E-state index contributed by atoms with van der Waals surface area (Å²) in [7, 11) is 0. The number of hydrogen-bond acceptors (Lipinski definition) is 5. The number of fused-ring (bicyclic) bond motifs is 1. The zero-order valence-electron chi connectivity index (χ0n) is 17.1. The molecule has 1 aromatic carbocycles. The summed E-state index contributed by atoms with van der Waals surface area (Å²) in [4.78, 5) is 45.6. The lowest BCUT2D eigenvalue weighted by Gasteiger charge is -2.31. The molecule has 2 heterocycles. The van der Waals surface area contributed by atoms with Crippen molar-refractivity contribution in [2.45, 2.75) is 33.2 Å². The minimum Gasteiger partial charge on any atom is -0.478 e. The third-order valence-electron chi connectivity index (χ3n) is 5.28. The molecule has 2 aliphatic rings. The monoisotopic (exact) mass is 400 g/mol. The number of amides is 2. The van der Waals surface area contributed by atoms with Gasteiger partial charge in [0.2, 0.25) is 5.91 Å². The van der Waals surface area contributed by atoms with Crippen LogP contribution < -0.4 is 10.2 Å². The van der Waals surface area contributed by atoms with Gasteiger partial charge in [0.15, 0.2) is 0 Å². The maximum absolute atomic E-state index is 13.4. The molecule has 1 aromatic rings. The average Bonchev–Trinajstić information content (AvgIpc) is 2.78. The number of carboxylic acids is 1. The lowest BCUT2D eigenvalue weighted by Crippen LogP contribution is -2.51. The second-order valence-electron chi connectivity index (χ2n) is 7.95. The number of anilines is 1. The Morgan fingerprint density at radius 1 is 1.28 bits per heavy atom. The van der Waals surface area contributed by atoms with E-state index < -0.39 is 12.0 Å². The van der Waals surface area contributed by atoms with Crippen molar-refractivity contribution < 1.29 is 19.5 Å². The number of carbonyl (C=O) groups excluding carboxylic acids is 2. The Hall–Kier alpha value is -2.74. The summed E-state index contributed by atoms with van der Waals surface area (Å²) in [5.74, 6) is -1.23. The van der Waals surface area contributed by atoms with E-state index in [1.54, 1.807) is 11.0 Å². The fraction of sp³-hybridized carbons (Fsp3) is 0.524. The van der Waals surface area contributed by atoms with E-state index in [4.69, 9.17) is 0 Å². The van der Waals surface area contributed by atoms with Gasteiger partial charge in [-0.25, -0.2) is 4.79 Å². The van der Waals surface area contributed by atoms with Crippen LogP contribution in [0.15, 0.2) is 23.2 Å². The number of benzodiazepines with no additional fused rings is 1. The molecular formula is C21H28N4O4. The number of carboxylic acid groups (broad SMARTS) is 1. The zero-order chi connectivity index (χ0) is 21.1. The van der Waals surface area contributed by atoms with Gasteiger partial charge >= 0.3 is 5.97 Å². The molecule has 0 bridgehead atoms. The van der Waals surface area contributed by atoms with Crippen molar-refractivity contribution >= 4 is 29.2 Å². The molecule has 1 saturated heterocycles. The second-order valence-corrected chi connectivity index (χ2v) is 7.95. The minimum atomic E-state index is -1.08. The molecule has 29 heavy (non-hydrogen) atoms. The maximum Gasteiger partial charge on any atom is 0.335 e. The van der Waals surface area contributed by atoms with Crippen molar-refractivity contribution in [3.63, 3.8) is 0 Å². The van der Waals surface area contributed by atoms with Crippen molar-refractivity contribution in [2.75, 3.05) is 37.6 Å². The van der Waals surface area contributed by atoms with Crippen LogP contribution in [0.1, 0.15) is 43.1 Å². The van der Waals surface area contributed by atoms with Gasteiger partial charge in [-0.3, -0.25) is 14.6 Å². The van der Waals surface area contributed by atoms with E-state index in [9.17, 15) is 19.5 Å². The Balaban J connectivity index is 2.01. The van der Waals surface area contributed by atoms with Crippen LogP contribution in [-0.2, 0) is 9.59 Å². The fourth-order valence-corrected chi connectivity index (χ4v) is 3.76. The molecule has 8 nitrogen and oxygen atoms in total. The molecule has 0 spiro atoms. The first-order valence-corrected chi connectivity index (χ1v) is 10.00. The van der Waals surface area contributed by atoms with Crippen molar-refractivity contribution in [1.82, 2.24) is 10.2 Å². The highest BCUT2D eigenvalue weighted by Gasteiger charge is 2.33. The highest BCUT2D eigenvalue weighted by atomic mass is 16.4. The lowest BCUT2D eigenvalue weighted by molar-refractivity contribution is -0.132. The van der Waals surface area contributed by atoms with E-state index in [2.05, 4.69) is 10.3 Å². The molecule has 0 aliphatic carbocycles. The number of rotatable bonds is 5. The SMILES string of the molecule is CC1=N[C@H](CC(C)C)C(=O)N(CC(=O)N2CCNCC2)c2cc(C(=O)O)ccc21. The number of hydrogen-bond donors (Lipinski definition) is 2. The Morgan fingerprint density at radius 2 is 1.97 bits per heavy atom. The van der Waals surface area contributed by atoms with Crippen molar-refractivity contribution in [2.24, 2.45) is 10.9 Å². The van der Waals surface area contributed by atoms with E-state index in [0.29, 0.717) is 36.5 Å². The van der Waals surface area contributed by atoms with E-state index in [0.717, 1.165) is 13.1 Å². The Kier molecular flexibility index (Phi) is 6.32. The summed E-state index contributed by atoms with van der Waals surface area (Å²) in [6.07, 6.45) is 0.564. The van der Waals surface area contributed by atoms with Crippen LogP contribution in [0.5, 0.6) is 0 Å². The van der Waals surface area contributed by atoms with Gasteiger partial charge in [0, 0.05) is 37.5 Å². The first kappa shape index (κ1) is 21.0. The van der Waals surface area contributed by atoms with Gasteiger partial charge in [-0.1, -0.05) is 19.9 Å². The number of piperazine rings is 1. The number of nitrogens with zero attached hydrogens (tertiary/aromatic N) is 3. The van der Waals surface area contributed by atoms with Crippen molar-refractivity contribution in [3.05, 3.63) is 29.3 Å². The van der Waals surface area contributed by atoms with E-state index in [-0.39, 0.29) is 29.8 Å². The molecule has 8 heteroatoms. The summed E-state index contributed by atoms with van der Waals surface area (Å²) < 4.78 is 0. The van der Waals surface area contributed by atoms with Crippen LogP contribution in [0.3, 0.4) is 0 Å². The molecule has 156 valence electrons. The van der Waals surface area contributed by atoms with Crippen LogP contribution in [-0.4, -0.2) is 72.3 Å². The number of nitrogens with one attached hydrogen (secondary N) is 1. The second kappa shape index (κ2) is 8.73. The van der Waals surface area contributed by atoms with Crippen LogP contribution >= 0.6 is 0 Å². The quantitative estimate of drug-likeness (QED) is 0.778. The summed E-state index contributed by atoms with van der Waals surface area (Å²) in [6.45, 7) is 8.37. The van der Waals surface area contributed by atoms with E-state index in [1.165, 1.54) is 17.0 Å². The van der Waals surface area contributed by atoms with Gasteiger partial charge in [0.25, 0.3) is 5.91 Å². The van der Waals surface area contributed by atoms with E-state index >= 15 is 0 Å². The maximum atomic E-state index is 13.4. The van der Waals surface area contributed by atoms with Gasteiger partial charge in [0.1, 0.15) is 12.6 Å². The van der Waals surface area contributed by atoms with Crippen molar-refractivity contribution in [1.29, 1.82) is 0 Å². The lowest BCUT2D eigenvalue weighted by atomic mass is 10.0. The predicted octanol–water partition coefficient (Wildman–Crippen LogP) is 1.39. The zero-order valence-corrected chi connectivity index (χ0v) is 17.1. The molecule has 1 atom stereocenters. The topological polar surface area (TPSA) is 102 Å². The molecule has 0 saturated carbocycles. The largest absolute Gasteiger partial charge is 0.478 e. The molecule has 0 unspecified atom stereocenters. The third kappa shape index (κ3) is 4.64. The van der Waals surface area contributed by atoms with E-state index in [1.807, 2.05) is 20.8 Å². The fourth-order valence-electron chi connectivity index (χ4n) is 3.76. The van der Waals surface area contributed by atoms with Crippen molar-refractivity contribution in [3.8, 4) is 0 Å². The molecule has 3 rings (SSSR count). The normalized spacial score (nSPS) is 19.7. The predicted molar refractivity (Wildman–Crippen MR) is 111 cm³/mol. The van der Waals surface area contributed by atoms with Crippen LogP contribution in [0.2, 0.25) is 0 Å². The smallest absolute Gasteiger partial charge is 0.335 e. The summed E-state index contributed by atoms with van der Waals surface area (Å²) in [5, 5.41) is 12.6. The van der Waals surface area contributed by atoms with Gasteiger partial charge < -0.3 is 20.2 Å². The van der Waals surface area contributed by atoms with Gasteiger partial charge in [-0.05, 0) is 31.4 Å². The summed E-state index contributed by atoms with van der Waals surface area (Å²) in [5.41, 5.74) is 1.87. The Morgan fingerprint density at radius 3 is 2.59 bits per heavy atom. The van der Waals surface area contributed by atoms with Crippen LogP contribution in [0.25, 0.3) is 0 Å². The average molecular weight is 400 g/mol. The molecule has 2 amide bonds. The molecule has 0 aromatic heterocycles. The highest BCUT2D eigenvalue weighted by Crippen LogP contribution is 2.29. The first-order chi connectivity index (χ1) is 13.8. The number of carbonyl (C=O) groups is 3. The number of benzene rings is 1. The summed E-state index contributed by atoms with van der Waals surface area (Å²) >= 11 is 0. The molecule has 1 fully saturated rings. The Labute approximate surface area is 170 Å². The highest BCUT2D eigenvalue weighted by molar-refractivity contribution is 6.14.